The third-order valence-corrected chi connectivity index (χ3v) is 1.38. The summed E-state index contributed by atoms with van der Waals surface area (Å²) in [4.78, 5) is 27.8. The second-order valence-corrected chi connectivity index (χ2v) is 4.21. The molecule has 1 unspecified atom stereocenters. The predicted octanol–water partition coefficient (Wildman–Crippen LogP) is 0.0245. The maximum absolute atomic E-state index is 10.2. The van der Waals surface area contributed by atoms with E-state index in [-0.39, 0.29) is 207 Å². The van der Waals surface area contributed by atoms with E-state index in [0.29, 0.717) is 5.56 Å². The van der Waals surface area contributed by atoms with Gasteiger partial charge in [0, 0.05) is 0 Å². The maximum Gasteiger partial charge on any atom is 1.00 e. The van der Waals surface area contributed by atoms with Gasteiger partial charge in [-0.25, -0.2) is 9.59 Å². The largest absolute Gasteiger partial charge is 2.00 e. The van der Waals surface area contributed by atoms with Gasteiger partial charge < -0.3 is 31.1 Å². The Morgan fingerprint density at radius 2 is 1.06 bits per heavy atom. The van der Waals surface area contributed by atoms with Gasteiger partial charge in [-0.2, -0.15) is 13.7 Å². The van der Waals surface area contributed by atoms with Crippen LogP contribution in [0.4, 0.5) is 0 Å². The Morgan fingerprint density at radius 1 is 0.889 bits per heavy atom. The number of aliphatic carboxylic acids is 1. The van der Waals surface area contributed by atoms with Crippen LogP contribution in [-0.2, 0) is 222 Å². The molecule has 1 aromatic carbocycles. The number of carboxylic acid groups (broad SMARTS) is 2. The smallest absolute Gasteiger partial charge is 1.00 e. The number of nitriles is 1. The fraction of sp³-hybridized carbons (Fsp3) is 0.182. The summed E-state index contributed by atoms with van der Waals surface area (Å²) in [5.41, 5.74) is 0.331. The summed E-state index contributed by atoms with van der Waals surface area (Å²) >= 11 is 0. The van der Waals surface area contributed by atoms with Crippen molar-refractivity contribution in [3.05, 3.63) is 40.8 Å². The van der Waals surface area contributed by atoms with E-state index in [0.717, 1.165) is 6.26 Å². The first kappa shape index (κ1) is 90.1. The topological polar surface area (TPSA) is 292 Å². The van der Waals surface area contributed by atoms with E-state index in [1.807, 2.05) is 0 Å². The molecule has 0 saturated heterocycles. The Labute approximate surface area is 346 Å². The summed E-state index contributed by atoms with van der Waals surface area (Å²) in [5, 5.41) is 45.8. The number of rotatable bonds is 2. The van der Waals surface area contributed by atoms with Gasteiger partial charge >= 0.3 is 224 Å². The molecule has 0 fully saturated rings. The Kier molecular flexibility index (Phi) is 166. The number of carboxylic acids is 2. The third kappa shape index (κ3) is 132. The van der Waals surface area contributed by atoms with E-state index in [4.69, 9.17) is 53.3 Å². The van der Waals surface area contributed by atoms with Crippen molar-refractivity contribution in [3.8, 4) is 6.26 Å². The van der Waals surface area contributed by atoms with E-state index in [9.17, 15) is 9.59 Å². The number of carbonyl (C=O) groups is 2. The minimum Gasteiger partial charge on any atom is -2.00 e. The minimum atomic E-state index is -4.67. The summed E-state index contributed by atoms with van der Waals surface area (Å²) in [7, 11) is -4.67. The molecule has 0 amide bonds. The normalized spacial score (nSPS) is 6.64. The number of hydrogen-bond donors (Lipinski definition) is 7. The maximum atomic E-state index is 10.2. The molecule has 15 nitrogen and oxygen atoms in total. The zero-order valence-electron chi connectivity index (χ0n) is 16.1. The van der Waals surface area contributed by atoms with Crippen molar-refractivity contribution in [2.75, 3.05) is 0 Å². The molecule has 1 rings (SSSR count). The molecule has 0 spiro atoms. The molecule has 1 atom stereocenters. The Hall–Kier alpha value is 3.30. The van der Waals surface area contributed by atoms with E-state index in [1.54, 1.807) is 30.3 Å². The Morgan fingerprint density at radius 3 is 1.14 bits per heavy atom. The molecule has 0 heterocycles. The second kappa shape index (κ2) is 66.5. The van der Waals surface area contributed by atoms with E-state index in [2.05, 4.69) is 0 Å². The zero-order chi connectivity index (χ0) is 21.8. The fourth-order valence-corrected chi connectivity index (χ4v) is 0.581. The molecule has 0 aliphatic carbocycles. The van der Waals surface area contributed by atoms with Crippen molar-refractivity contribution in [2.24, 2.45) is 5.34 Å². The molecule has 0 aliphatic heterocycles. The molecule has 0 aromatic heterocycles. The van der Waals surface area contributed by atoms with Crippen LogP contribution in [0.15, 0.2) is 35.7 Å². The van der Waals surface area contributed by atoms with Crippen molar-refractivity contribution in [1.29, 1.82) is 5.26 Å². The summed E-state index contributed by atoms with van der Waals surface area (Å²) in [6, 6.07) is 8.30. The van der Waals surface area contributed by atoms with Gasteiger partial charge in [0.25, 0.3) is 6.26 Å². The molecule has 246 valence electrons. The monoisotopic (exact) mass is 1380 g/mol. The van der Waals surface area contributed by atoms with Crippen LogP contribution in [-0.4, -0.2) is 61.2 Å². The van der Waals surface area contributed by atoms with Crippen LogP contribution in [0.3, 0.4) is 0 Å². The Balaban J connectivity index is -0.0000000138. The number of nitrogens with zero attached hydrogens (tertiary/aromatic N) is 2. The second-order valence-electron chi connectivity index (χ2n) is 3.31. The number of aromatic carboxylic acids is 1. The van der Waals surface area contributed by atoms with E-state index in [1.165, 1.54) is 12.3 Å². The number of benzene rings is 1. The predicted molar refractivity (Wildman–Crippen MR) is 82.7 cm³/mol. The van der Waals surface area contributed by atoms with Crippen LogP contribution in [0.1, 0.15) is 17.3 Å². The quantitative estimate of drug-likeness (QED) is 0.0677. The van der Waals surface area contributed by atoms with Gasteiger partial charge in [0.2, 0.25) is 0 Å². The molecular weight excluding hydrogens is 1370 g/mol. The molecule has 1 aromatic rings. The number of aliphatic hydroxyl groups is 2. The summed E-state index contributed by atoms with van der Waals surface area (Å²) in [6.45, 7) is 1.20. The SMILES string of the molecule is CC(O)C(=O)O.N#CO.O=C(O)c1ccccc1.O=NO.O=S(=O)(O)O.[Ag+].[Ag+].[Ag+].[Ag+].[Ag+].[Ag+].[Ag+].[Ag+].[Ag+].[O-2]. The average Bonchev–Trinajstić information content (AvgIpc) is 2.48. The van der Waals surface area contributed by atoms with Crippen molar-refractivity contribution in [1.82, 2.24) is 0 Å². The van der Waals surface area contributed by atoms with Gasteiger partial charge in [-0.05, 0) is 19.1 Å². The molecular formula is C11H16Ag9N2O13S+7. The summed E-state index contributed by atoms with van der Waals surface area (Å²) in [6.07, 6.45) is -0.481. The van der Waals surface area contributed by atoms with Crippen LogP contribution in [0.2, 0.25) is 0 Å². The van der Waals surface area contributed by atoms with Crippen LogP contribution in [0, 0.1) is 16.4 Å². The van der Waals surface area contributed by atoms with Crippen molar-refractivity contribution < 1.29 is 260 Å². The first-order valence-corrected chi connectivity index (χ1v) is 7.07. The average molecular weight is 1390 g/mol. The zero-order valence-corrected chi connectivity index (χ0v) is 30.2. The van der Waals surface area contributed by atoms with Crippen LogP contribution >= 0.6 is 0 Å². The first-order chi connectivity index (χ1) is 11.8. The van der Waals surface area contributed by atoms with Gasteiger partial charge in [-0.3, -0.25) is 9.11 Å². The minimum absolute atomic E-state index is 0. The molecule has 0 bridgehead atoms. The van der Waals surface area contributed by atoms with Crippen LogP contribution in [0.25, 0.3) is 0 Å². The fourth-order valence-electron chi connectivity index (χ4n) is 0.581. The van der Waals surface area contributed by atoms with Gasteiger partial charge in [-0.15, -0.1) is 4.91 Å². The first-order valence-electron chi connectivity index (χ1n) is 5.67. The van der Waals surface area contributed by atoms with Crippen molar-refractivity contribution in [2.45, 2.75) is 13.0 Å². The molecule has 7 N–H and O–H groups in total. The summed E-state index contributed by atoms with van der Waals surface area (Å²) in [5.74, 6) is -2.06. The summed E-state index contributed by atoms with van der Waals surface area (Å²) < 4.78 is 31.6. The number of aliphatic hydroxyl groups excluding tert-OH is 2. The molecule has 36 heavy (non-hydrogen) atoms. The molecule has 0 aliphatic rings. The number of hydrogen-bond acceptors (Lipinski definition) is 9. The van der Waals surface area contributed by atoms with Gasteiger partial charge in [0.15, 0.2) is 5.34 Å². The standard InChI is InChI=1S/C7H6O2.C3H6O3.CHNO.9Ag.HNO2.H2O4S.O/c8-7(9)6-4-2-1-3-5-6;1-2(4)3(5)6;2-1-3;;;;;;;;;;2-1-3;1-5(2,3)4;/h1-5H,(H,8,9);2,4H,1H3,(H,5,6);3H;;;;;;;;;;(H,2,3);(H2,1,2,3,4);/q;;;9*+1;;;-2. The molecule has 0 radical (unpaired) electrons. The van der Waals surface area contributed by atoms with Crippen LogP contribution in [0.5, 0.6) is 0 Å². The third-order valence-electron chi connectivity index (χ3n) is 1.38. The van der Waals surface area contributed by atoms with Crippen LogP contribution < -0.4 is 0 Å². The van der Waals surface area contributed by atoms with Gasteiger partial charge in [0.05, 0.1) is 5.56 Å². The van der Waals surface area contributed by atoms with Gasteiger partial charge in [0.1, 0.15) is 6.10 Å². The van der Waals surface area contributed by atoms with E-state index >= 15 is 0 Å². The van der Waals surface area contributed by atoms with E-state index < -0.39 is 28.4 Å². The van der Waals surface area contributed by atoms with Crippen molar-refractivity contribution >= 4 is 22.3 Å². The van der Waals surface area contributed by atoms with Gasteiger partial charge in [-0.1, -0.05) is 18.2 Å². The molecule has 0 saturated carbocycles. The molecule has 25 heteroatoms. The Bertz CT molecular complexity index is 661. The van der Waals surface area contributed by atoms with Crippen molar-refractivity contribution in [3.63, 3.8) is 0 Å².